The van der Waals surface area contributed by atoms with E-state index in [0.29, 0.717) is 21.0 Å². The number of carboxylic acids is 1. The van der Waals surface area contributed by atoms with Crippen molar-refractivity contribution in [2.24, 2.45) is 0 Å². The number of nitrogens with zero attached hydrogens (tertiary/aromatic N) is 2. The lowest BCUT2D eigenvalue weighted by atomic mass is 10.1. The van der Waals surface area contributed by atoms with Crippen LogP contribution in [-0.2, 0) is 0 Å². The molecule has 0 aliphatic rings. The molecule has 144 valence electrons. The summed E-state index contributed by atoms with van der Waals surface area (Å²) in [5, 5.41) is 14.5. The van der Waals surface area contributed by atoms with Gasteiger partial charge in [-0.25, -0.2) is 9.78 Å². The van der Waals surface area contributed by atoms with E-state index in [2.05, 4.69) is 15.3 Å². The van der Waals surface area contributed by atoms with E-state index in [9.17, 15) is 14.7 Å². The minimum Gasteiger partial charge on any atom is -0.478 e. The van der Waals surface area contributed by atoms with Crippen LogP contribution in [0.1, 0.15) is 26.4 Å². The summed E-state index contributed by atoms with van der Waals surface area (Å²) >= 11 is 7.14. The zero-order valence-electron chi connectivity index (χ0n) is 15.1. The molecule has 2 aromatic heterocycles. The minimum atomic E-state index is -1.13. The fraction of sp³-hybridized carbons (Fsp3) is 0.0476. The molecule has 2 aromatic carbocycles. The topological polar surface area (TPSA) is 92.2 Å². The van der Waals surface area contributed by atoms with Crippen LogP contribution in [0.2, 0.25) is 5.02 Å². The molecule has 2 N–H and O–H groups in total. The van der Waals surface area contributed by atoms with E-state index < -0.39 is 11.9 Å². The predicted molar refractivity (Wildman–Crippen MR) is 114 cm³/mol. The van der Waals surface area contributed by atoms with Gasteiger partial charge in [0.05, 0.1) is 27.8 Å². The molecule has 6 nitrogen and oxygen atoms in total. The quantitative estimate of drug-likeness (QED) is 0.466. The van der Waals surface area contributed by atoms with Gasteiger partial charge in [-0.1, -0.05) is 35.9 Å². The third-order valence-electron chi connectivity index (χ3n) is 4.37. The number of aromatic carboxylic acids is 1. The van der Waals surface area contributed by atoms with E-state index in [0.717, 1.165) is 11.1 Å². The maximum Gasteiger partial charge on any atom is 0.339 e. The molecule has 4 aromatic rings. The second-order valence-electron chi connectivity index (χ2n) is 6.32. The van der Waals surface area contributed by atoms with Gasteiger partial charge in [0.2, 0.25) is 0 Å². The third kappa shape index (κ3) is 3.70. The van der Waals surface area contributed by atoms with Crippen LogP contribution in [0.15, 0.2) is 54.0 Å². The van der Waals surface area contributed by atoms with Gasteiger partial charge in [-0.15, -0.1) is 11.3 Å². The third-order valence-corrected chi connectivity index (χ3v) is 5.65. The number of hydrogen-bond acceptors (Lipinski definition) is 5. The van der Waals surface area contributed by atoms with Gasteiger partial charge in [-0.2, -0.15) is 0 Å². The number of carbonyl (C=O) groups is 2. The predicted octanol–water partition coefficient (Wildman–Crippen LogP) is 5.27. The van der Waals surface area contributed by atoms with Crippen molar-refractivity contribution in [3.05, 3.63) is 75.9 Å². The van der Waals surface area contributed by atoms with Gasteiger partial charge in [0.15, 0.2) is 0 Å². The Morgan fingerprint density at radius 3 is 2.62 bits per heavy atom. The van der Waals surface area contributed by atoms with Gasteiger partial charge < -0.3 is 10.4 Å². The number of benzene rings is 2. The minimum absolute atomic E-state index is 0.0234. The Labute approximate surface area is 174 Å². The highest BCUT2D eigenvalue weighted by Gasteiger charge is 2.22. The fourth-order valence-corrected chi connectivity index (χ4v) is 4.08. The zero-order chi connectivity index (χ0) is 20.5. The molecule has 4 rings (SSSR count). The number of thiophene rings is 1. The summed E-state index contributed by atoms with van der Waals surface area (Å²) in [5.41, 5.74) is 3.33. The Hall–Kier alpha value is -3.29. The number of halogens is 1. The van der Waals surface area contributed by atoms with E-state index in [1.807, 2.05) is 19.1 Å². The molecule has 0 atom stereocenters. The van der Waals surface area contributed by atoms with Gasteiger partial charge in [-0.05, 0) is 36.2 Å². The van der Waals surface area contributed by atoms with Crippen LogP contribution < -0.4 is 5.32 Å². The Morgan fingerprint density at radius 1 is 1.14 bits per heavy atom. The Kier molecular flexibility index (Phi) is 5.00. The van der Waals surface area contributed by atoms with E-state index >= 15 is 0 Å². The maximum atomic E-state index is 12.7. The first-order valence-electron chi connectivity index (χ1n) is 8.58. The first kappa shape index (κ1) is 19.0. The lowest BCUT2D eigenvalue weighted by Crippen LogP contribution is -2.16. The van der Waals surface area contributed by atoms with Crippen LogP contribution >= 0.6 is 22.9 Å². The summed E-state index contributed by atoms with van der Waals surface area (Å²) in [6.45, 7) is 1.92. The molecule has 29 heavy (non-hydrogen) atoms. The Balaban J connectivity index is 1.68. The highest BCUT2D eigenvalue weighted by molar-refractivity contribution is 7.14. The van der Waals surface area contributed by atoms with Crippen molar-refractivity contribution in [1.29, 1.82) is 0 Å². The van der Waals surface area contributed by atoms with E-state index in [-0.39, 0.29) is 16.9 Å². The molecule has 0 saturated heterocycles. The number of amides is 1. The smallest absolute Gasteiger partial charge is 0.339 e. The van der Waals surface area contributed by atoms with Crippen molar-refractivity contribution >= 4 is 51.5 Å². The number of carbonyl (C=O) groups excluding carboxylic acids is 1. The number of para-hydroxylation sites is 1. The van der Waals surface area contributed by atoms with E-state index in [1.165, 1.54) is 17.5 Å². The van der Waals surface area contributed by atoms with Crippen molar-refractivity contribution in [3.63, 3.8) is 0 Å². The summed E-state index contributed by atoms with van der Waals surface area (Å²) in [5.74, 6) is -1.66. The number of hydrogen-bond donors (Lipinski definition) is 2. The number of fused-ring (bicyclic) bond motifs is 1. The fourth-order valence-electron chi connectivity index (χ4n) is 2.96. The largest absolute Gasteiger partial charge is 0.478 e. The molecule has 0 aliphatic heterocycles. The van der Waals surface area contributed by atoms with Crippen LogP contribution in [0.4, 0.5) is 5.69 Å². The second-order valence-corrected chi connectivity index (χ2v) is 7.63. The number of nitrogens with one attached hydrogen (secondary N) is 1. The second kappa shape index (κ2) is 7.62. The van der Waals surface area contributed by atoms with Crippen LogP contribution in [0.5, 0.6) is 0 Å². The molecule has 1 amide bonds. The number of aryl methyl sites for hydroxylation is 1. The van der Waals surface area contributed by atoms with Gasteiger partial charge >= 0.3 is 5.97 Å². The summed E-state index contributed by atoms with van der Waals surface area (Å²) in [6, 6.07) is 12.4. The molecule has 2 heterocycles. The highest BCUT2D eigenvalue weighted by Crippen LogP contribution is 2.36. The average Bonchev–Trinajstić information content (AvgIpc) is 3.12. The number of carboxylic acid groups (broad SMARTS) is 1. The normalized spacial score (nSPS) is 10.8. The molecule has 0 aliphatic carbocycles. The first-order valence-corrected chi connectivity index (χ1v) is 9.84. The summed E-state index contributed by atoms with van der Waals surface area (Å²) < 4.78 is 0. The number of aromatic nitrogens is 2. The monoisotopic (exact) mass is 423 g/mol. The van der Waals surface area contributed by atoms with Crippen LogP contribution in [0.3, 0.4) is 0 Å². The van der Waals surface area contributed by atoms with Crippen LogP contribution in [0, 0.1) is 6.92 Å². The Bertz CT molecular complexity index is 1250. The molecular formula is C21H14ClN3O3S. The molecule has 0 unspecified atom stereocenters. The van der Waals surface area contributed by atoms with Gasteiger partial charge in [0.1, 0.15) is 11.3 Å². The van der Waals surface area contributed by atoms with Crippen molar-refractivity contribution < 1.29 is 14.7 Å². The zero-order valence-corrected chi connectivity index (χ0v) is 16.7. The van der Waals surface area contributed by atoms with Gasteiger partial charge in [-0.3, -0.25) is 9.78 Å². The lowest BCUT2D eigenvalue weighted by molar-refractivity contribution is 0.0699. The number of anilines is 1. The summed E-state index contributed by atoms with van der Waals surface area (Å²) in [7, 11) is 0. The van der Waals surface area contributed by atoms with Crippen molar-refractivity contribution in [3.8, 4) is 10.4 Å². The number of rotatable bonds is 4. The van der Waals surface area contributed by atoms with Crippen LogP contribution in [0.25, 0.3) is 21.5 Å². The van der Waals surface area contributed by atoms with Crippen molar-refractivity contribution in [2.45, 2.75) is 6.92 Å². The van der Waals surface area contributed by atoms with Gasteiger partial charge in [0.25, 0.3) is 5.91 Å². The SMILES string of the molecule is Cc1cccc2nc(C(=O)Nc3csc(-c4ccc(Cl)cc4)c3C(=O)O)cnc12. The summed E-state index contributed by atoms with van der Waals surface area (Å²) in [4.78, 5) is 33.8. The maximum absolute atomic E-state index is 12.7. The summed E-state index contributed by atoms with van der Waals surface area (Å²) in [6.07, 6.45) is 1.39. The van der Waals surface area contributed by atoms with Crippen LogP contribution in [-0.4, -0.2) is 27.0 Å². The standard InChI is InChI=1S/C21H14ClN3O3S/c1-11-3-2-4-14-18(11)23-9-15(24-14)20(26)25-16-10-29-19(17(16)21(27)28)12-5-7-13(22)8-6-12/h2-10H,1H3,(H,25,26)(H,27,28). The molecular weight excluding hydrogens is 410 g/mol. The highest BCUT2D eigenvalue weighted by atomic mass is 35.5. The molecule has 8 heteroatoms. The van der Waals surface area contributed by atoms with Crippen molar-refractivity contribution in [1.82, 2.24) is 9.97 Å². The molecule has 0 bridgehead atoms. The molecule has 0 radical (unpaired) electrons. The first-order chi connectivity index (χ1) is 13.9. The molecule has 0 saturated carbocycles. The Morgan fingerprint density at radius 2 is 1.90 bits per heavy atom. The average molecular weight is 424 g/mol. The molecule has 0 fully saturated rings. The van der Waals surface area contributed by atoms with Crippen molar-refractivity contribution in [2.75, 3.05) is 5.32 Å². The van der Waals surface area contributed by atoms with E-state index in [1.54, 1.807) is 35.7 Å². The van der Waals surface area contributed by atoms with E-state index in [4.69, 9.17) is 11.6 Å². The lowest BCUT2D eigenvalue weighted by Gasteiger charge is -2.07. The van der Waals surface area contributed by atoms with Gasteiger partial charge in [0, 0.05) is 10.4 Å². The molecule has 0 spiro atoms.